The molecule has 0 saturated heterocycles. The van der Waals surface area contributed by atoms with Gasteiger partial charge in [0.15, 0.2) is 0 Å². The highest BCUT2D eigenvalue weighted by Gasteiger charge is 2.34. The van der Waals surface area contributed by atoms with E-state index >= 15 is 0 Å². The van der Waals surface area contributed by atoms with Crippen molar-refractivity contribution in [2.24, 2.45) is 5.14 Å². The number of nitrogens with two attached hydrogens (primary N) is 1. The summed E-state index contributed by atoms with van der Waals surface area (Å²) in [5.74, 6) is 0. The van der Waals surface area contributed by atoms with Crippen LogP contribution >= 0.6 is 12.4 Å². The van der Waals surface area contributed by atoms with Gasteiger partial charge in [-0.2, -0.15) is 0 Å². The third-order valence-electron chi connectivity index (χ3n) is 2.24. The first-order chi connectivity index (χ1) is 5.37. The lowest BCUT2D eigenvalue weighted by Crippen LogP contribution is -2.40. The number of rotatable bonds is 5. The van der Waals surface area contributed by atoms with Crippen molar-refractivity contribution in [1.29, 1.82) is 0 Å². The van der Waals surface area contributed by atoms with Crippen LogP contribution in [0, 0.1) is 0 Å². The smallest absolute Gasteiger partial charge is 0.214 e. The molecule has 0 aromatic heterocycles. The van der Waals surface area contributed by atoms with Gasteiger partial charge in [-0.3, -0.25) is 0 Å². The fraction of sp³-hybridized carbons (Fsp3) is 1.00. The Morgan fingerprint density at radius 2 is 1.46 bits per heavy atom. The summed E-state index contributed by atoms with van der Waals surface area (Å²) in [6, 6.07) is 0. The van der Waals surface area contributed by atoms with Gasteiger partial charge in [-0.1, -0.05) is 26.7 Å². The van der Waals surface area contributed by atoms with Crippen molar-refractivity contribution in [3.8, 4) is 0 Å². The zero-order chi connectivity index (χ0) is 9.83. The first kappa shape index (κ1) is 15.7. The van der Waals surface area contributed by atoms with E-state index in [0.717, 1.165) is 12.8 Å². The monoisotopic (exact) mass is 229 g/mol. The molecule has 0 aromatic rings. The van der Waals surface area contributed by atoms with Gasteiger partial charge in [0.05, 0.1) is 4.75 Å². The summed E-state index contributed by atoms with van der Waals surface area (Å²) in [5.41, 5.74) is 0. The maximum Gasteiger partial charge on any atom is 0.214 e. The Morgan fingerprint density at radius 3 is 1.62 bits per heavy atom. The van der Waals surface area contributed by atoms with Gasteiger partial charge in [-0.05, 0) is 19.8 Å². The number of sulfonamides is 1. The van der Waals surface area contributed by atoms with Crippen LogP contribution in [0.5, 0.6) is 0 Å². The second-order valence-corrected chi connectivity index (χ2v) is 5.57. The highest BCUT2D eigenvalue weighted by Crippen LogP contribution is 2.26. The molecule has 13 heavy (non-hydrogen) atoms. The van der Waals surface area contributed by atoms with E-state index in [0.29, 0.717) is 12.8 Å². The average Bonchev–Trinajstić information content (AvgIpc) is 1.86. The molecular weight excluding hydrogens is 210 g/mol. The van der Waals surface area contributed by atoms with E-state index in [1.54, 1.807) is 6.92 Å². The van der Waals surface area contributed by atoms with Crippen LogP contribution in [0.1, 0.15) is 46.5 Å². The molecule has 2 N–H and O–H groups in total. The van der Waals surface area contributed by atoms with Gasteiger partial charge in [0, 0.05) is 0 Å². The molecule has 0 amide bonds. The van der Waals surface area contributed by atoms with Crippen molar-refractivity contribution < 1.29 is 8.42 Å². The van der Waals surface area contributed by atoms with Crippen LogP contribution in [0.3, 0.4) is 0 Å². The van der Waals surface area contributed by atoms with Crippen LogP contribution in [0.4, 0.5) is 0 Å². The van der Waals surface area contributed by atoms with Crippen LogP contribution < -0.4 is 5.14 Å². The van der Waals surface area contributed by atoms with E-state index in [2.05, 4.69) is 0 Å². The Morgan fingerprint density at radius 1 is 1.15 bits per heavy atom. The molecule has 3 nitrogen and oxygen atoms in total. The molecule has 0 radical (unpaired) electrons. The van der Waals surface area contributed by atoms with Crippen molar-refractivity contribution in [2.45, 2.75) is 51.2 Å². The largest absolute Gasteiger partial charge is 0.228 e. The Hall–Kier alpha value is 0.200. The van der Waals surface area contributed by atoms with E-state index in [4.69, 9.17) is 5.14 Å². The van der Waals surface area contributed by atoms with E-state index in [-0.39, 0.29) is 12.4 Å². The normalized spacial score (nSPS) is 12.3. The molecule has 0 spiro atoms. The molecule has 0 fully saturated rings. The van der Waals surface area contributed by atoms with Gasteiger partial charge in [0.1, 0.15) is 0 Å². The standard InChI is InChI=1S/C8H19NO2S.ClH/c1-4-6-8(3,7-5-2)12(9,10)11;/h4-7H2,1-3H3,(H2,9,10,11);1H. The van der Waals surface area contributed by atoms with Gasteiger partial charge < -0.3 is 0 Å². The second-order valence-electron chi connectivity index (χ2n) is 3.49. The zero-order valence-corrected chi connectivity index (χ0v) is 10.2. The first-order valence-corrected chi connectivity index (χ1v) is 5.94. The topological polar surface area (TPSA) is 60.2 Å². The SMILES string of the molecule is CCCC(C)(CCC)S(N)(=O)=O.Cl. The van der Waals surface area contributed by atoms with E-state index in [1.807, 2.05) is 13.8 Å². The van der Waals surface area contributed by atoms with Crippen LogP contribution in [0.15, 0.2) is 0 Å². The fourth-order valence-corrected chi connectivity index (χ4v) is 2.44. The minimum absolute atomic E-state index is 0. The van der Waals surface area contributed by atoms with Crippen LogP contribution in [-0.4, -0.2) is 13.2 Å². The quantitative estimate of drug-likeness (QED) is 0.785. The van der Waals surface area contributed by atoms with Crippen molar-refractivity contribution in [3.63, 3.8) is 0 Å². The molecular formula is C8H20ClNO2S. The van der Waals surface area contributed by atoms with Gasteiger partial charge in [0.2, 0.25) is 10.0 Å². The minimum Gasteiger partial charge on any atom is -0.228 e. The van der Waals surface area contributed by atoms with E-state index < -0.39 is 14.8 Å². The Kier molecular flexibility index (Phi) is 7.03. The Labute approximate surface area is 87.5 Å². The van der Waals surface area contributed by atoms with Gasteiger partial charge in [0.25, 0.3) is 0 Å². The Bertz CT molecular complexity index is 220. The average molecular weight is 230 g/mol. The van der Waals surface area contributed by atoms with Crippen molar-refractivity contribution in [1.82, 2.24) is 0 Å². The zero-order valence-electron chi connectivity index (χ0n) is 8.54. The summed E-state index contributed by atoms with van der Waals surface area (Å²) in [6.07, 6.45) is 3.01. The molecule has 0 aliphatic rings. The molecule has 0 aromatic carbocycles. The summed E-state index contributed by atoms with van der Waals surface area (Å²) in [4.78, 5) is 0. The van der Waals surface area contributed by atoms with E-state index in [1.165, 1.54) is 0 Å². The molecule has 0 rings (SSSR count). The molecule has 0 bridgehead atoms. The third kappa shape index (κ3) is 4.29. The van der Waals surface area contributed by atoms with Gasteiger partial charge in [-0.15, -0.1) is 12.4 Å². The minimum atomic E-state index is -3.39. The third-order valence-corrected chi connectivity index (χ3v) is 4.03. The maximum atomic E-state index is 11.2. The Balaban J connectivity index is 0. The predicted molar refractivity (Wildman–Crippen MR) is 58.6 cm³/mol. The number of hydrogen-bond donors (Lipinski definition) is 1. The van der Waals surface area contributed by atoms with Crippen LogP contribution in [0.25, 0.3) is 0 Å². The van der Waals surface area contributed by atoms with Crippen LogP contribution in [-0.2, 0) is 10.0 Å². The molecule has 5 heteroatoms. The van der Waals surface area contributed by atoms with Crippen molar-refractivity contribution in [3.05, 3.63) is 0 Å². The molecule has 0 aliphatic carbocycles. The maximum absolute atomic E-state index is 11.2. The van der Waals surface area contributed by atoms with Gasteiger partial charge in [-0.25, -0.2) is 13.6 Å². The van der Waals surface area contributed by atoms with Crippen molar-refractivity contribution >= 4 is 22.4 Å². The summed E-state index contributed by atoms with van der Waals surface area (Å²) in [7, 11) is -3.39. The highest BCUT2D eigenvalue weighted by atomic mass is 35.5. The van der Waals surface area contributed by atoms with Gasteiger partial charge >= 0.3 is 0 Å². The van der Waals surface area contributed by atoms with Crippen LogP contribution in [0.2, 0.25) is 0 Å². The summed E-state index contributed by atoms with van der Waals surface area (Å²) in [6.45, 7) is 5.67. The first-order valence-electron chi connectivity index (χ1n) is 4.39. The molecule has 0 heterocycles. The summed E-state index contributed by atoms with van der Waals surface area (Å²) >= 11 is 0. The summed E-state index contributed by atoms with van der Waals surface area (Å²) in [5, 5.41) is 5.16. The molecule has 0 atom stereocenters. The number of hydrogen-bond acceptors (Lipinski definition) is 2. The van der Waals surface area contributed by atoms with E-state index in [9.17, 15) is 8.42 Å². The lowest BCUT2D eigenvalue weighted by Gasteiger charge is -2.25. The molecule has 0 aliphatic heterocycles. The van der Waals surface area contributed by atoms with Crippen molar-refractivity contribution in [2.75, 3.05) is 0 Å². The fourth-order valence-electron chi connectivity index (χ4n) is 1.47. The highest BCUT2D eigenvalue weighted by molar-refractivity contribution is 7.90. The summed E-state index contributed by atoms with van der Waals surface area (Å²) < 4.78 is 21.7. The molecule has 82 valence electrons. The predicted octanol–water partition coefficient (Wildman–Crippen LogP) is 2.06. The molecule has 0 unspecified atom stereocenters. The number of halogens is 1. The lowest BCUT2D eigenvalue weighted by atomic mass is 10.00. The second kappa shape index (κ2) is 5.83. The number of primary sulfonamides is 1. The molecule has 0 saturated carbocycles. The lowest BCUT2D eigenvalue weighted by molar-refractivity contribution is 0.471.